The van der Waals surface area contributed by atoms with Gasteiger partial charge in [0.25, 0.3) is 0 Å². The van der Waals surface area contributed by atoms with E-state index in [9.17, 15) is 0 Å². The Hall–Kier alpha value is -0.0800. The van der Waals surface area contributed by atoms with Gasteiger partial charge in [-0.25, -0.2) is 0 Å². The first-order chi connectivity index (χ1) is 5.85. The zero-order chi connectivity index (χ0) is 9.23. The van der Waals surface area contributed by atoms with Gasteiger partial charge in [0.1, 0.15) is 0 Å². The van der Waals surface area contributed by atoms with Gasteiger partial charge in [-0.05, 0) is 19.4 Å². The number of unbranched alkanes of at least 4 members (excludes halogenated alkanes) is 1. The van der Waals surface area contributed by atoms with Crippen molar-refractivity contribution in [2.75, 3.05) is 20.4 Å². The Bertz CT molecular complexity index is 85.9. The fraction of sp³-hybridized carbons (Fsp3) is 1.00. The predicted octanol–water partition coefficient (Wildman–Crippen LogP) is 2.40. The van der Waals surface area contributed by atoms with E-state index >= 15 is 0 Å². The molecule has 0 fully saturated rings. The van der Waals surface area contributed by atoms with Crippen molar-refractivity contribution in [2.24, 2.45) is 5.92 Å². The number of rotatable bonds is 8. The van der Waals surface area contributed by atoms with Crippen LogP contribution in [-0.2, 0) is 4.74 Å². The monoisotopic (exact) mass is 173 g/mol. The van der Waals surface area contributed by atoms with Crippen LogP contribution in [0.4, 0.5) is 0 Å². The van der Waals surface area contributed by atoms with E-state index in [2.05, 4.69) is 19.2 Å². The lowest BCUT2D eigenvalue weighted by Gasteiger charge is -2.14. The zero-order valence-electron chi connectivity index (χ0n) is 8.73. The third kappa shape index (κ3) is 6.62. The molecule has 0 aliphatic rings. The maximum absolute atomic E-state index is 5.42. The molecule has 0 aromatic heterocycles. The molecule has 12 heavy (non-hydrogen) atoms. The van der Waals surface area contributed by atoms with Crippen molar-refractivity contribution in [1.82, 2.24) is 5.32 Å². The number of nitrogens with one attached hydrogen (secondary N) is 1. The summed E-state index contributed by atoms with van der Waals surface area (Å²) in [5.41, 5.74) is 0. The Labute approximate surface area is 76.7 Å². The molecule has 74 valence electrons. The quantitative estimate of drug-likeness (QED) is 0.449. The first-order valence-electron chi connectivity index (χ1n) is 5.07. The second-order valence-electron chi connectivity index (χ2n) is 3.29. The SMILES string of the molecule is CCCCC(CC)COCNC. The third-order valence-corrected chi connectivity index (χ3v) is 2.14. The summed E-state index contributed by atoms with van der Waals surface area (Å²) in [7, 11) is 1.91. The van der Waals surface area contributed by atoms with Crippen molar-refractivity contribution in [1.29, 1.82) is 0 Å². The zero-order valence-corrected chi connectivity index (χ0v) is 8.73. The number of ether oxygens (including phenoxy) is 1. The number of hydrogen-bond donors (Lipinski definition) is 1. The summed E-state index contributed by atoms with van der Waals surface area (Å²) in [5, 5.41) is 2.98. The van der Waals surface area contributed by atoms with Crippen molar-refractivity contribution >= 4 is 0 Å². The van der Waals surface area contributed by atoms with Gasteiger partial charge in [-0.15, -0.1) is 0 Å². The van der Waals surface area contributed by atoms with Crippen LogP contribution in [0.25, 0.3) is 0 Å². The van der Waals surface area contributed by atoms with E-state index in [-0.39, 0.29) is 0 Å². The number of hydrogen-bond acceptors (Lipinski definition) is 2. The Morgan fingerprint density at radius 2 is 2.08 bits per heavy atom. The third-order valence-electron chi connectivity index (χ3n) is 2.14. The highest BCUT2D eigenvalue weighted by Gasteiger charge is 2.04. The van der Waals surface area contributed by atoms with Crippen LogP contribution in [0.3, 0.4) is 0 Å². The highest BCUT2D eigenvalue weighted by molar-refractivity contribution is 4.55. The molecule has 0 aliphatic carbocycles. The van der Waals surface area contributed by atoms with Crippen LogP contribution in [0.5, 0.6) is 0 Å². The summed E-state index contributed by atoms with van der Waals surface area (Å²) >= 11 is 0. The van der Waals surface area contributed by atoms with E-state index in [0.717, 1.165) is 12.5 Å². The van der Waals surface area contributed by atoms with E-state index in [1.54, 1.807) is 0 Å². The second kappa shape index (κ2) is 9.01. The molecular weight excluding hydrogens is 150 g/mol. The minimum absolute atomic E-state index is 0.683. The average molecular weight is 173 g/mol. The van der Waals surface area contributed by atoms with Crippen LogP contribution in [0.15, 0.2) is 0 Å². The van der Waals surface area contributed by atoms with Crippen LogP contribution >= 0.6 is 0 Å². The maximum atomic E-state index is 5.42. The Morgan fingerprint density at radius 3 is 2.58 bits per heavy atom. The lowest BCUT2D eigenvalue weighted by atomic mass is 10.0. The van der Waals surface area contributed by atoms with Gasteiger partial charge in [-0.1, -0.05) is 33.1 Å². The fourth-order valence-electron chi connectivity index (χ4n) is 1.23. The molecule has 1 unspecified atom stereocenters. The van der Waals surface area contributed by atoms with E-state index < -0.39 is 0 Å². The van der Waals surface area contributed by atoms with Crippen molar-refractivity contribution in [3.05, 3.63) is 0 Å². The van der Waals surface area contributed by atoms with Crippen molar-refractivity contribution in [3.63, 3.8) is 0 Å². The molecule has 0 aromatic rings. The van der Waals surface area contributed by atoms with E-state index in [0.29, 0.717) is 6.73 Å². The molecule has 0 spiro atoms. The largest absolute Gasteiger partial charge is 0.366 e. The molecular formula is C10H23NO. The summed E-state index contributed by atoms with van der Waals surface area (Å²) in [6.07, 6.45) is 5.18. The van der Waals surface area contributed by atoms with Crippen molar-refractivity contribution in [2.45, 2.75) is 39.5 Å². The second-order valence-corrected chi connectivity index (χ2v) is 3.29. The van der Waals surface area contributed by atoms with Crippen LogP contribution in [0.2, 0.25) is 0 Å². The minimum Gasteiger partial charge on any atom is -0.366 e. The molecule has 0 aromatic carbocycles. The van der Waals surface area contributed by atoms with Gasteiger partial charge in [0, 0.05) is 0 Å². The standard InChI is InChI=1S/C10H23NO/c1-4-6-7-10(5-2)8-12-9-11-3/h10-11H,4-9H2,1-3H3. The van der Waals surface area contributed by atoms with Gasteiger partial charge in [0.05, 0.1) is 13.3 Å². The predicted molar refractivity (Wildman–Crippen MR) is 53.2 cm³/mol. The highest BCUT2D eigenvalue weighted by Crippen LogP contribution is 2.12. The average Bonchev–Trinajstić information content (AvgIpc) is 2.11. The molecule has 0 saturated carbocycles. The summed E-state index contributed by atoms with van der Waals surface area (Å²) < 4.78 is 5.42. The summed E-state index contributed by atoms with van der Waals surface area (Å²) in [6, 6.07) is 0. The van der Waals surface area contributed by atoms with Crippen LogP contribution < -0.4 is 5.32 Å². The Morgan fingerprint density at radius 1 is 1.33 bits per heavy atom. The molecule has 2 heteroatoms. The summed E-state index contributed by atoms with van der Waals surface area (Å²) in [5.74, 6) is 0.762. The van der Waals surface area contributed by atoms with Crippen molar-refractivity contribution < 1.29 is 4.74 Å². The molecule has 0 bridgehead atoms. The Balaban J connectivity index is 3.26. The van der Waals surface area contributed by atoms with Gasteiger partial charge in [-0.3, -0.25) is 5.32 Å². The molecule has 0 heterocycles. The lowest BCUT2D eigenvalue weighted by molar-refractivity contribution is 0.0842. The highest BCUT2D eigenvalue weighted by atomic mass is 16.5. The lowest BCUT2D eigenvalue weighted by Crippen LogP contribution is -2.16. The van der Waals surface area contributed by atoms with Gasteiger partial charge in [-0.2, -0.15) is 0 Å². The van der Waals surface area contributed by atoms with Gasteiger partial charge >= 0.3 is 0 Å². The topological polar surface area (TPSA) is 21.3 Å². The normalized spacial score (nSPS) is 13.2. The first-order valence-corrected chi connectivity index (χ1v) is 5.07. The van der Waals surface area contributed by atoms with Gasteiger partial charge in [0.15, 0.2) is 0 Å². The van der Waals surface area contributed by atoms with Gasteiger partial charge < -0.3 is 4.74 Å². The summed E-state index contributed by atoms with van der Waals surface area (Å²) in [6.45, 7) is 6.07. The molecule has 0 rings (SSSR count). The van der Waals surface area contributed by atoms with E-state index in [4.69, 9.17) is 4.74 Å². The van der Waals surface area contributed by atoms with E-state index in [1.165, 1.54) is 25.7 Å². The van der Waals surface area contributed by atoms with Gasteiger partial charge in [0.2, 0.25) is 0 Å². The molecule has 0 aliphatic heterocycles. The smallest absolute Gasteiger partial charge is 0.0962 e. The van der Waals surface area contributed by atoms with Crippen LogP contribution in [0, 0.1) is 5.92 Å². The molecule has 0 radical (unpaired) electrons. The van der Waals surface area contributed by atoms with Crippen LogP contribution in [0.1, 0.15) is 39.5 Å². The molecule has 0 saturated heterocycles. The van der Waals surface area contributed by atoms with Crippen LogP contribution in [-0.4, -0.2) is 20.4 Å². The molecule has 2 nitrogen and oxygen atoms in total. The molecule has 0 amide bonds. The Kier molecular flexibility index (Phi) is 8.95. The van der Waals surface area contributed by atoms with E-state index in [1.807, 2.05) is 7.05 Å². The molecule has 1 atom stereocenters. The first kappa shape index (κ1) is 11.9. The maximum Gasteiger partial charge on any atom is 0.0962 e. The summed E-state index contributed by atoms with van der Waals surface area (Å²) in [4.78, 5) is 0. The fourth-order valence-corrected chi connectivity index (χ4v) is 1.23. The molecule has 1 N–H and O–H groups in total. The minimum atomic E-state index is 0.683. The van der Waals surface area contributed by atoms with Crippen molar-refractivity contribution in [3.8, 4) is 0 Å².